The van der Waals surface area contributed by atoms with Crippen molar-refractivity contribution >= 4 is 15.9 Å². The molecule has 1 atom stereocenters. The van der Waals surface area contributed by atoms with Gasteiger partial charge in [0.2, 0.25) is 0 Å². The maximum absolute atomic E-state index is 12.9. The number of aliphatic hydroxyl groups excluding tert-OH is 1. The van der Waals surface area contributed by atoms with Crippen LogP contribution < -0.4 is 0 Å². The van der Waals surface area contributed by atoms with Gasteiger partial charge in [0, 0.05) is 4.47 Å². The van der Waals surface area contributed by atoms with Gasteiger partial charge in [-0.25, -0.2) is 4.39 Å². The SMILES string of the molecule is CCCC(O)c1cc(F)cc(Br)c1. The van der Waals surface area contributed by atoms with Crippen molar-refractivity contribution in [3.63, 3.8) is 0 Å². The summed E-state index contributed by atoms with van der Waals surface area (Å²) in [5, 5.41) is 9.58. The van der Waals surface area contributed by atoms with Crippen molar-refractivity contribution in [2.45, 2.75) is 25.9 Å². The molecule has 0 fully saturated rings. The van der Waals surface area contributed by atoms with E-state index in [0.29, 0.717) is 16.5 Å². The van der Waals surface area contributed by atoms with Crippen molar-refractivity contribution in [2.24, 2.45) is 0 Å². The standard InChI is InChI=1S/C10H12BrFO/c1-2-3-10(13)7-4-8(11)6-9(12)5-7/h4-6,10,13H,2-3H2,1H3. The summed E-state index contributed by atoms with van der Waals surface area (Å²) in [4.78, 5) is 0. The molecule has 0 aromatic heterocycles. The molecule has 1 N–H and O–H groups in total. The van der Waals surface area contributed by atoms with E-state index in [2.05, 4.69) is 15.9 Å². The molecular weight excluding hydrogens is 235 g/mol. The van der Waals surface area contributed by atoms with Crippen LogP contribution in [0.3, 0.4) is 0 Å². The van der Waals surface area contributed by atoms with E-state index in [1.165, 1.54) is 12.1 Å². The summed E-state index contributed by atoms with van der Waals surface area (Å²) < 4.78 is 13.6. The lowest BCUT2D eigenvalue weighted by Gasteiger charge is -2.09. The first-order valence-electron chi connectivity index (χ1n) is 4.27. The average Bonchev–Trinajstić information content (AvgIpc) is 2.03. The zero-order valence-electron chi connectivity index (χ0n) is 7.43. The molecule has 0 saturated carbocycles. The highest BCUT2D eigenvalue weighted by atomic mass is 79.9. The number of halogens is 2. The zero-order chi connectivity index (χ0) is 9.84. The normalized spacial score (nSPS) is 12.9. The molecule has 3 heteroatoms. The maximum Gasteiger partial charge on any atom is 0.124 e. The van der Waals surface area contributed by atoms with Crippen LogP contribution in [-0.4, -0.2) is 5.11 Å². The maximum atomic E-state index is 12.9. The van der Waals surface area contributed by atoms with Gasteiger partial charge in [-0.3, -0.25) is 0 Å². The van der Waals surface area contributed by atoms with Crippen LogP contribution >= 0.6 is 15.9 Å². The van der Waals surface area contributed by atoms with E-state index in [9.17, 15) is 9.50 Å². The van der Waals surface area contributed by atoms with Crippen molar-refractivity contribution in [1.82, 2.24) is 0 Å². The molecule has 1 nitrogen and oxygen atoms in total. The van der Waals surface area contributed by atoms with E-state index >= 15 is 0 Å². The summed E-state index contributed by atoms with van der Waals surface area (Å²) in [5.41, 5.74) is 0.633. The molecule has 1 unspecified atom stereocenters. The van der Waals surface area contributed by atoms with E-state index in [4.69, 9.17) is 0 Å². The average molecular weight is 247 g/mol. The van der Waals surface area contributed by atoms with E-state index < -0.39 is 6.10 Å². The first kappa shape index (κ1) is 10.7. The molecule has 13 heavy (non-hydrogen) atoms. The lowest BCUT2D eigenvalue weighted by atomic mass is 10.1. The fraction of sp³-hybridized carbons (Fsp3) is 0.400. The van der Waals surface area contributed by atoms with Gasteiger partial charge in [-0.15, -0.1) is 0 Å². The highest BCUT2D eigenvalue weighted by Crippen LogP contribution is 2.23. The minimum absolute atomic E-state index is 0.320. The summed E-state index contributed by atoms with van der Waals surface area (Å²) in [6, 6.07) is 4.48. The Morgan fingerprint density at radius 3 is 2.69 bits per heavy atom. The van der Waals surface area contributed by atoms with Crippen LogP contribution in [0.25, 0.3) is 0 Å². The Labute approximate surface area is 85.7 Å². The van der Waals surface area contributed by atoms with Crippen molar-refractivity contribution < 1.29 is 9.50 Å². The van der Waals surface area contributed by atoms with Gasteiger partial charge in [0.25, 0.3) is 0 Å². The third-order valence-electron chi connectivity index (χ3n) is 1.83. The largest absolute Gasteiger partial charge is 0.388 e. The molecule has 1 rings (SSSR count). The fourth-order valence-corrected chi connectivity index (χ4v) is 1.69. The lowest BCUT2D eigenvalue weighted by Crippen LogP contribution is -1.97. The van der Waals surface area contributed by atoms with Gasteiger partial charge in [0.1, 0.15) is 5.82 Å². The molecule has 0 saturated heterocycles. The van der Waals surface area contributed by atoms with Crippen LogP contribution in [-0.2, 0) is 0 Å². The first-order chi connectivity index (χ1) is 6.13. The molecule has 0 radical (unpaired) electrons. The minimum Gasteiger partial charge on any atom is -0.388 e. The topological polar surface area (TPSA) is 20.2 Å². The second-order valence-corrected chi connectivity index (χ2v) is 3.92. The number of rotatable bonds is 3. The van der Waals surface area contributed by atoms with Crippen LogP contribution in [0.4, 0.5) is 4.39 Å². The summed E-state index contributed by atoms with van der Waals surface area (Å²) >= 11 is 3.18. The van der Waals surface area contributed by atoms with Crippen molar-refractivity contribution in [3.05, 3.63) is 34.1 Å². The summed E-state index contributed by atoms with van der Waals surface area (Å²) in [6.45, 7) is 1.98. The quantitative estimate of drug-likeness (QED) is 0.867. The second-order valence-electron chi connectivity index (χ2n) is 3.01. The molecule has 72 valence electrons. The Morgan fingerprint density at radius 2 is 2.15 bits per heavy atom. The summed E-state index contributed by atoms with van der Waals surface area (Å²) in [5.74, 6) is -0.320. The number of hydrogen-bond acceptors (Lipinski definition) is 1. The van der Waals surface area contributed by atoms with E-state index in [1.54, 1.807) is 6.07 Å². The number of hydrogen-bond donors (Lipinski definition) is 1. The smallest absolute Gasteiger partial charge is 0.124 e. The van der Waals surface area contributed by atoms with Gasteiger partial charge >= 0.3 is 0 Å². The van der Waals surface area contributed by atoms with E-state index in [0.717, 1.165) is 6.42 Å². The molecule has 1 aromatic carbocycles. The van der Waals surface area contributed by atoms with Crippen LogP contribution in [0, 0.1) is 5.82 Å². The fourth-order valence-electron chi connectivity index (χ4n) is 1.21. The summed E-state index contributed by atoms with van der Waals surface area (Å²) in [7, 11) is 0. The predicted octanol–water partition coefficient (Wildman–Crippen LogP) is 3.42. The van der Waals surface area contributed by atoms with Crippen molar-refractivity contribution in [2.75, 3.05) is 0 Å². The Balaban J connectivity index is 2.87. The van der Waals surface area contributed by atoms with Crippen molar-refractivity contribution in [1.29, 1.82) is 0 Å². The predicted molar refractivity (Wildman–Crippen MR) is 54.0 cm³/mol. The monoisotopic (exact) mass is 246 g/mol. The molecular formula is C10H12BrFO. The third kappa shape index (κ3) is 3.08. The van der Waals surface area contributed by atoms with Crippen LogP contribution in [0.2, 0.25) is 0 Å². The molecule has 0 aliphatic rings. The van der Waals surface area contributed by atoms with Gasteiger partial charge in [0.15, 0.2) is 0 Å². The minimum atomic E-state index is -0.558. The Bertz CT molecular complexity index is 268. The Morgan fingerprint density at radius 1 is 1.46 bits per heavy atom. The van der Waals surface area contributed by atoms with Gasteiger partial charge in [-0.05, 0) is 30.2 Å². The molecule has 0 aliphatic carbocycles. The number of benzene rings is 1. The van der Waals surface area contributed by atoms with Crippen LogP contribution in [0.5, 0.6) is 0 Å². The van der Waals surface area contributed by atoms with Gasteiger partial charge in [-0.2, -0.15) is 0 Å². The zero-order valence-corrected chi connectivity index (χ0v) is 9.01. The number of aliphatic hydroxyl groups is 1. The summed E-state index contributed by atoms with van der Waals surface area (Å²) in [6.07, 6.45) is 0.988. The molecule has 0 spiro atoms. The highest BCUT2D eigenvalue weighted by molar-refractivity contribution is 9.10. The van der Waals surface area contributed by atoms with E-state index in [1.807, 2.05) is 6.92 Å². The van der Waals surface area contributed by atoms with E-state index in [-0.39, 0.29) is 5.82 Å². The van der Waals surface area contributed by atoms with Gasteiger partial charge < -0.3 is 5.11 Å². The molecule has 1 aromatic rings. The van der Waals surface area contributed by atoms with Gasteiger partial charge in [-0.1, -0.05) is 29.3 Å². The lowest BCUT2D eigenvalue weighted by molar-refractivity contribution is 0.166. The highest BCUT2D eigenvalue weighted by Gasteiger charge is 2.08. The van der Waals surface area contributed by atoms with Crippen LogP contribution in [0.1, 0.15) is 31.4 Å². The third-order valence-corrected chi connectivity index (χ3v) is 2.29. The second kappa shape index (κ2) is 4.72. The van der Waals surface area contributed by atoms with Gasteiger partial charge in [0.05, 0.1) is 6.10 Å². The molecule has 0 aliphatic heterocycles. The van der Waals surface area contributed by atoms with Crippen molar-refractivity contribution in [3.8, 4) is 0 Å². The molecule has 0 amide bonds. The Kier molecular flexibility index (Phi) is 3.88. The molecule has 0 bridgehead atoms. The van der Waals surface area contributed by atoms with Crippen LogP contribution in [0.15, 0.2) is 22.7 Å². The first-order valence-corrected chi connectivity index (χ1v) is 5.07. The molecule has 0 heterocycles. The Hall–Kier alpha value is -0.410.